The van der Waals surface area contributed by atoms with Gasteiger partial charge in [0.05, 0.1) is 9.40 Å². The molecule has 2 N–H and O–H groups in total. The molecule has 1 amide bonds. The van der Waals surface area contributed by atoms with E-state index < -0.39 is 34.1 Å². The maximum Gasteiger partial charge on any atom is 0.413 e. The number of nitrogens with zero attached hydrogens (tertiary/aromatic N) is 2. The smallest absolute Gasteiger partial charge is 0.413 e. The highest BCUT2D eigenvalue weighted by Gasteiger charge is 2.29. The van der Waals surface area contributed by atoms with Gasteiger partial charge in [-0.15, -0.1) is 0 Å². The highest BCUT2D eigenvalue weighted by Crippen LogP contribution is 2.32. The molecule has 0 unspecified atom stereocenters. The zero-order valence-corrected chi connectivity index (χ0v) is 11.4. The summed E-state index contributed by atoms with van der Waals surface area (Å²) < 4.78 is 4.49. The fourth-order valence-electron chi connectivity index (χ4n) is 1.22. The van der Waals surface area contributed by atoms with Crippen molar-refractivity contribution in [3.05, 3.63) is 39.0 Å². The van der Waals surface area contributed by atoms with E-state index in [1.807, 2.05) is 5.32 Å². The molecular weight excluding hydrogens is 338 g/mol. The number of ether oxygens (including phenoxy) is 1. The second-order valence-corrected chi connectivity index (χ2v) is 4.11. The molecule has 1 aromatic rings. The van der Waals surface area contributed by atoms with Crippen LogP contribution in [0.25, 0.3) is 0 Å². The van der Waals surface area contributed by atoms with Crippen LogP contribution in [0, 0.1) is 10.1 Å². The predicted octanol–water partition coefficient (Wildman–Crippen LogP) is 2.19. The van der Waals surface area contributed by atoms with Gasteiger partial charge in [-0.2, -0.15) is 0 Å². The Bertz CT molecular complexity index is 589. The van der Waals surface area contributed by atoms with Gasteiger partial charge in [0.2, 0.25) is 5.82 Å². The number of nitrogens with one attached hydrogen (secondary N) is 1. The van der Waals surface area contributed by atoms with E-state index in [9.17, 15) is 19.7 Å². The van der Waals surface area contributed by atoms with Crippen molar-refractivity contribution in [2.24, 2.45) is 0 Å². The molecule has 0 aliphatic carbocycles. The molecule has 0 aromatic carbocycles. The summed E-state index contributed by atoms with van der Waals surface area (Å²) in [6.07, 6.45) is 1.31. The lowest BCUT2D eigenvalue weighted by atomic mass is 10.2. The third-order valence-corrected chi connectivity index (χ3v) is 2.56. The number of anilines is 1. The zero-order valence-electron chi connectivity index (χ0n) is 9.83. The van der Waals surface area contributed by atoms with Crippen LogP contribution in [-0.4, -0.2) is 33.7 Å². The van der Waals surface area contributed by atoms with Crippen LogP contribution in [0.1, 0.15) is 10.4 Å². The van der Waals surface area contributed by atoms with Gasteiger partial charge in [-0.25, -0.2) is 14.6 Å². The number of halogens is 1. The third-order valence-electron chi connectivity index (χ3n) is 1.96. The van der Waals surface area contributed by atoms with E-state index in [2.05, 4.69) is 32.2 Å². The zero-order chi connectivity index (χ0) is 15.3. The van der Waals surface area contributed by atoms with Crippen LogP contribution in [0.2, 0.25) is 0 Å². The van der Waals surface area contributed by atoms with Crippen LogP contribution < -0.4 is 5.32 Å². The van der Waals surface area contributed by atoms with Gasteiger partial charge in [0.25, 0.3) is 0 Å². The summed E-state index contributed by atoms with van der Waals surface area (Å²) in [5.74, 6) is -2.06. The molecule has 0 saturated heterocycles. The summed E-state index contributed by atoms with van der Waals surface area (Å²) in [7, 11) is 0. The van der Waals surface area contributed by atoms with Gasteiger partial charge in [-0.1, -0.05) is 12.7 Å². The summed E-state index contributed by atoms with van der Waals surface area (Å²) in [6.45, 7) is 3.21. The summed E-state index contributed by atoms with van der Waals surface area (Å²) in [5, 5.41) is 21.9. The Morgan fingerprint density at radius 1 is 1.65 bits per heavy atom. The van der Waals surface area contributed by atoms with Crippen molar-refractivity contribution >= 4 is 39.5 Å². The largest absolute Gasteiger partial charge is 0.477 e. The number of carbonyl (C=O) groups excluding carboxylic acids is 1. The Hall–Kier alpha value is -2.49. The normalized spacial score (nSPS) is 9.65. The van der Waals surface area contributed by atoms with Crippen LogP contribution in [0.4, 0.5) is 16.3 Å². The lowest BCUT2D eigenvalue weighted by Crippen LogP contribution is -2.17. The Morgan fingerprint density at radius 2 is 2.30 bits per heavy atom. The maximum absolute atomic E-state index is 11.3. The van der Waals surface area contributed by atoms with Crippen molar-refractivity contribution < 1.29 is 24.4 Å². The molecule has 1 aromatic heterocycles. The Balaban J connectivity index is 3.23. The summed E-state index contributed by atoms with van der Waals surface area (Å²) in [5.41, 5.74) is -1.47. The van der Waals surface area contributed by atoms with Gasteiger partial charge in [-0.05, 0) is 15.9 Å². The standard InChI is InChI=1S/C10H8BrN3O6/c1-2-3-20-10(17)13-8-7(14(18)19)6(9(15)16)5(11)4-12-8/h2,4H,1,3H2,(H,15,16)(H,12,13,17). The lowest BCUT2D eigenvalue weighted by Gasteiger charge is -2.07. The first-order chi connectivity index (χ1) is 9.38. The molecule has 10 heteroatoms. The number of carboxylic acid groups (broad SMARTS) is 1. The highest BCUT2D eigenvalue weighted by molar-refractivity contribution is 9.10. The molecular formula is C10H8BrN3O6. The number of hydrogen-bond acceptors (Lipinski definition) is 6. The molecule has 1 rings (SSSR count). The van der Waals surface area contributed by atoms with E-state index in [0.717, 1.165) is 6.20 Å². The number of pyridine rings is 1. The Kier molecular flexibility index (Phi) is 5.15. The van der Waals surface area contributed by atoms with Gasteiger partial charge in [0.1, 0.15) is 6.61 Å². The number of hydrogen-bond donors (Lipinski definition) is 2. The van der Waals surface area contributed by atoms with E-state index in [1.165, 1.54) is 6.08 Å². The van der Waals surface area contributed by atoms with Crippen LogP contribution >= 0.6 is 15.9 Å². The van der Waals surface area contributed by atoms with Crippen molar-refractivity contribution in [2.45, 2.75) is 0 Å². The minimum Gasteiger partial charge on any atom is -0.477 e. The number of aromatic nitrogens is 1. The van der Waals surface area contributed by atoms with E-state index >= 15 is 0 Å². The molecule has 0 aliphatic heterocycles. The summed E-state index contributed by atoms with van der Waals surface area (Å²) >= 11 is 2.85. The molecule has 0 spiro atoms. The monoisotopic (exact) mass is 345 g/mol. The number of amides is 1. The first-order valence-corrected chi connectivity index (χ1v) is 5.78. The highest BCUT2D eigenvalue weighted by atomic mass is 79.9. The van der Waals surface area contributed by atoms with Gasteiger partial charge < -0.3 is 9.84 Å². The number of nitro groups is 1. The number of rotatable bonds is 5. The van der Waals surface area contributed by atoms with E-state index in [1.54, 1.807) is 0 Å². The maximum atomic E-state index is 11.3. The first-order valence-electron chi connectivity index (χ1n) is 4.99. The quantitative estimate of drug-likeness (QED) is 0.474. The lowest BCUT2D eigenvalue weighted by molar-refractivity contribution is -0.384. The minimum absolute atomic E-state index is 0.0818. The van der Waals surface area contributed by atoms with Gasteiger partial charge in [0, 0.05) is 6.20 Å². The van der Waals surface area contributed by atoms with Crippen LogP contribution in [0.5, 0.6) is 0 Å². The molecule has 106 valence electrons. The van der Waals surface area contributed by atoms with E-state index in [4.69, 9.17) is 5.11 Å². The van der Waals surface area contributed by atoms with Crippen LogP contribution in [0.15, 0.2) is 23.3 Å². The number of aromatic carboxylic acids is 1. The SMILES string of the molecule is C=CCOC(=O)Nc1ncc(Br)c(C(=O)O)c1[N+](=O)[O-]. The second kappa shape index (κ2) is 6.61. The predicted molar refractivity (Wildman–Crippen MR) is 70.7 cm³/mol. The van der Waals surface area contributed by atoms with Gasteiger partial charge >= 0.3 is 17.7 Å². The van der Waals surface area contributed by atoms with Crippen molar-refractivity contribution in [2.75, 3.05) is 11.9 Å². The van der Waals surface area contributed by atoms with Gasteiger partial charge in [0.15, 0.2) is 5.56 Å². The molecule has 20 heavy (non-hydrogen) atoms. The molecule has 0 radical (unpaired) electrons. The molecule has 0 aliphatic rings. The average Bonchev–Trinajstić information content (AvgIpc) is 2.37. The summed E-state index contributed by atoms with van der Waals surface area (Å²) in [4.78, 5) is 36.0. The topological polar surface area (TPSA) is 132 Å². The Labute approximate surface area is 120 Å². The van der Waals surface area contributed by atoms with Crippen LogP contribution in [0.3, 0.4) is 0 Å². The van der Waals surface area contributed by atoms with Crippen molar-refractivity contribution in [3.63, 3.8) is 0 Å². The van der Waals surface area contributed by atoms with Crippen LogP contribution in [-0.2, 0) is 4.74 Å². The fraction of sp³-hybridized carbons (Fsp3) is 0.100. The summed E-state index contributed by atoms with van der Waals surface area (Å²) in [6, 6.07) is 0. The van der Waals surface area contributed by atoms with Crippen molar-refractivity contribution in [3.8, 4) is 0 Å². The van der Waals surface area contributed by atoms with Crippen molar-refractivity contribution in [1.82, 2.24) is 4.98 Å². The third kappa shape index (κ3) is 3.51. The molecule has 0 bridgehead atoms. The minimum atomic E-state index is -1.53. The molecule has 9 nitrogen and oxygen atoms in total. The average molecular weight is 346 g/mol. The Morgan fingerprint density at radius 3 is 2.80 bits per heavy atom. The fourth-order valence-corrected chi connectivity index (χ4v) is 1.68. The molecule has 0 saturated carbocycles. The van der Waals surface area contributed by atoms with E-state index in [0.29, 0.717) is 0 Å². The molecule has 1 heterocycles. The molecule has 0 fully saturated rings. The second-order valence-electron chi connectivity index (χ2n) is 3.25. The number of carbonyl (C=O) groups is 2. The van der Waals surface area contributed by atoms with E-state index in [-0.39, 0.29) is 11.1 Å². The van der Waals surface area contributed by atoms with Gasteiger partial charge in [-0.3, -0.25) is 15.4 Å². The van der Waals surface area contributed by atoms with Crippen molar-refractivity contribution in [1.29, 1.82) is 0 Å². The first kappa shape index (κ1) is 15.6. The number of carboxylic acids is 1. The molecule has 0 atom stereocenters.